The zero-order valence-corrected chi connectivity index (χ0v) is 24.7. The van der Waals surface area contributed by atoms with Gasteiger partial charge in [-0.2, -0.15) is 0 Å². The van der Waals surface area contributed by atoms with Crippen molar-refractivity contribution >= 4 is 22.2 Å². The smallest absolute Gasteiger partial charge is 0.147 e. The van der Waals surface area contributed by atoms with E-state index in [2.05, 4.69) is 48.2 Å². The molecular weight excluding hydrogens is 513 g/mol. The number of ether oxygens (including phenoxy) is 1. The lowest BCUT2D eigenvalue weighted by Gasteiger charge is -2.47. The Kier molecular flexibility index (Phi) is 6.22. The van der Waals surface area contributed by atoms with Gasteiger partial charge in [-0.05, 0) is 119 Å². The number of hydrogen-bond acceptors (Lipinski definition) is 5. The molecule has 2 aromatic heterocycles. The molecule has 0 unspecified atom stereocenters. The summed E-state index contributed by atoms with van der Waals surface area (Å²) in [6, 6.07) is 11.8. The highest BCUT2D eigenvalue weighted by Gasteiger charge is 2.44. The van der Waals surface area contributed by atoms with E-state index in [4.69, 9.17) is 14.2 Å². The van der Waals surface area contributed by atoms with Crippen molar-refractivity contribution in [2.45, 2.75) is 78.7 Å². The predicted molar refractivity (Wildman–Crippen MR) is 162 cm³/mol. The third-order valence-corrected chi connectivity index (χ3v) is 9.11. The predicted octanol–water partition coefficient (Wildman–Crippen LogP) is 8.69. The number of hydrogen-bond donors (Lipinski definition) is 0. The van der Waals surface area contributed by atoms with Gasteiger partial charge in [0.05, 0.1) is 11.6 Å². The van der Waals surface area contributed by atoms with Crippen LogP contribution in [-0.4, -0.2) is 29.3 Å². The van der Waals surface area contributed by atoms with Crippen molar-refractivity contribution < 1.29 is 13.7 Å². The number of halogens is 1. The lowest BCUT2D eigenvalue weighted by atomic mass is 9.63. The van der Waals surface area contributed by atoms with Gasteiger partial charge in [-0.25, -0.2) is 4.39 Å². The maximum atomic E-state index is 14.1. The molecule has 0 bridgehead atoms. The van der Waals surface area contributed by atoms with Crippen molar-refractivity contribution in [2.24, 2.45) is 5.41 Å². The molecule has 2 fully saturated rings. The van der Waals surface area contributed by atoms with Crippen LogP contribution < -0.4 is 9.64 Å². The Morgan fingerprint density at radius 2 is 1.71 bits per heavy atom. The van der Waals surface area contributed by atoms with Crippen LogP contribution in [0.3, 0.4) is 0 Å². The molecule has 6 heteroatoms. The number of aromatic nitrogens is 2. The first kappa shape index (κ1) is 26.2. The normalized spacial score (nSPS) is 18.2. The standard InChI is InChI=1S/C35H38FN3O2/c1-20(2)40-30-16-23(5)37-29-9-8-27(17-28(29)30)39-12-10-35(11-13-39)18-25(19-35)32-33(38-41-34(32)24-6-7-24)31-21(3)14-26(36)15-22(31)4/h8-9,14-18,20,24H,6-7,10-13,19H2,1-5H3. The molecule has 4 aromatic rings. The fourth-order valence-corrected chi connectivity index (χ4v) is 6.96. The Bertz CT molecular complexity index is 1670. The van der Waals surface area contributed by atoms with E-state index in [9.17, 15) is 4.39 Å². The van der Waals surface area contributed by atoms with Crippen LogP contribution in [0, 0.1) is 32.0 Å². The molecule has 3 aliphatic rings. The van der Waals surface area contributed by atoms with Gasteiger partial charge in [-0.3, -0.25) is 4.98 Å². The molecule has 3 heterocycles. The van der Waals surface area contributed by atoms with Gasteiger partial charge in [0, 0.05) is 53.0 Å². The van der Waals surface area contributed by atoms with Crippen molar-refractivity contribution in [2.75, 3.05) is 18.0 Å². The molecule has 1 aliphatic heterocycles. The van der Waals surface area contributed by atoms with E-state index in [1.165, 1.54) is 16.8 Å². The number of aryl methyl sites for hydroxylation is 3. The van der Waals surface area contributed by atoms with Gasteiger partial charge in [0.25, 0.3) is 0 Å². The minimum atomic E-state index is -0.203. The van der Waals surface area contributed by atoms with E-state index in [1.54, 1.807) is 12.1 Å². The third kappa shape index (κ3) is 4.71. The second kappa shape index (κ2) is 9.71. The molecule has 0 N–H and O–H groups in total. The van der Waals surface area contributed by atoms with Crippen LogP contribution in [-0.2, 0) is 0 Å². The molecule has 2 aliphatic carbocycles. The van der Waals surface area contributed by atoms with Crippen LogP contribution in [0.4, 0.5) is 10.1 Å². The summed E-state index contributed by atoms with van der Waals surface area (Å²) in [5.41, 5.74) is 9.64. The minimum absolute atomic E-state index is 0.111. The van der Waals surface area contributed by atoms with Crippen LogP contribution in [0.2, 0.25) is 0 Å². The molecule has 2 aromatic carbocycles. The first-order valence-electron chi connectivity index (χ1n) is 15.0. The molecule has 0 atom stereocenters. The summed E-state index contributed by atoms with van der Waals surface area (Å²) in [6.07, 6.45) is 8.19. The zero-order chi connectivity index (χ0) is 28.5. The van der Waals surface area contributed by atoms with Crippen molar-refractivity contribution in [1.29, 1.82) is 0 Å². The molecule has 0 amide bonds. The van der Waals surface area contributed by atoms with Gasteiger partial charge >= 0.3 is 0 Å². The Balaban J connectivity index is 1.14. The van der Waals surface area contributed by atoms with Crippen LogP contribution >= 0.6 is 0 Å². The molecule has 1 saturated carbocycles. The fraction of sp³-hybridized carbons (Fsp3) is 0.429. The average Bonchev–Trinajstić information content (AvgIpc) is 3.66. The zero-order valence-electron chi connectivity index (χ0n) is 24.7. The Labute approximate surface area is 241 Å². The number of allylic oxidation sites excluding steroid dienone is 2. The van der Waals surface area contributed by atoms with Gasteiger partial charge < -0.3 is 14.2 Å². The molecule has 0 radical (unpaired) electrons. The number of fused-ring (bicyclic) bond motifs is 1. The number of anilines is 1. The summed E-state index contributed by atoms with van der Waals surface area (Å²) in [5.74, 6) is 2.20. The lowest BCUT2D eigenvalue weighted by molar-refractivity contribution is 0.245. The summed E-state index contributed by atoms with van der Waals surface area (Å²) < 4.78 is 26.2. The first-order valence-corrected chi connectivity index (χ1v) is 15.0. The second-order valence-electron chi connectivity index (χ2n) is 12.8. The summed E-state index contributed by atoms with van der Waals surface area (Å²) >= 11 is 0. The first-order chi connectivity index (χ1) is 19.7. The molecule has 5 nitrogen and oxygen atoms in total. The van der Waals surface area contributed by atoms with Crippen LogP contribution in [0.5, 0.6) is 5.75 Å². The quantitative estimate of drug-likeness (QED) is 0.240. The number of nitrogens with zero attached hydrogens (tertiary/aromatic N) is 3. The van der Waals surface area contributed by atoms with Gasteiger partial charge in [-0.1, -0.05) is 11.2 Å². The molecule has 1 spiro atoms. The highest BCUT2D eigenvalue weighted by Crippen LogP contribution is 2.56. The second-order valence-corrected chi connectivity index (χ2v) is 12.8. The van der Waals surface area contributed by atoms with Gasteiger partial charge in [0.2, 0.25) is 0 Å². The number of benzene rings is 2. The SMILES string of the molecule is Cc1cc(OC(C)C)c2cc(N3CCC4(C=C(c5c(-c6c(C)cc(F)cc6C)noc5C5CC5)C4)CC3)ccc2n1. The van der Waals surface area contributed by atoms with E-state index < -0.39 is 0 Å². The van der Waals surface area contributed by atoms with E-state index >= 15 is 0 Å². The average molecular weight is 552 g/mol. The van der Waals surface area contributed by atoms with Crippen LogP contribution in [0.1, 0.15) is 80.0 Å². The molecule has 41 heavy (non-hydrogen) atoms. The van der Waals surface area contributed by atoms with Crippen molar-refractivity contribution in [1.82, 2.24) is 10.1 Å². The highest BCUT2D eigenvalue weighted by molar-refractivity contribution is 5.89. The van der Waals surface area contributed by atoms with E-state index in [0.717, 1.165) is 95.7 Å². The summed E-state index contributed by atoms with van der Waals surface area (Å²) in [7, 11) is 0. The van der Waals surface area contributed by atoms with Gasteiger partial charge in [0.1, 0.15) is 23.0 Å². The monoisotopic (exact) mass is 551 g/mol. The Morgan fingerprint density at radius 3 is 2.37 bits per heavy atom. The van der Waals surface area contributed by atoms with E-state index in [1.807, 2.05) is 26.8 Å². The van der Waals surface area contributed by atoms with Gasteiger partial charge in [0.15, 0.2) is 0 Å². The molecule has 1 saturated heterocycles. The minimum Gasteiger partial charge on any atom is -0.490 e. The summed E-state index contributed by atoms with van der Waals surface area (Å²) in [5, 5.41) is 5.66. The molecule has 7 rings (SSSR count). The summed E-state index contributed by atoms with van der Waals surface area (Å²) in [6.45, 7) is 12.1. The maximum Gasteiger partial charge on any atom is 0.147 e. The Morgan fingerprint density at radius 1 is 1.00 bits per heavy atom. The van der Waals surface area contributed by atoms with E-state index in [-0.39, 0.29) is 17.3 Å². The van der Waals surface area contributed by atoms with Crippen molar-refractivity contribution in [3.63, 3.8) is 0 Å². The lowest BCUT2D eigenvalue weighted by Crippen LogP contribution is -2.42. The van der Waals surface area contributed by atoms with Crippen molar-refractivity contribution in [3.8, 4) is 17.0 Å². The number of pyridine rings is 1. The molecular formula is C35H38FN3O2. The van der Waals surface area contributed by atoms with Gasteiger partial charge in [-0.15, -0.1) is 0 Å². The Hall–Kier alpha value is -3.67. The largest absolute Gasteiger partial charge is 0.490 e. The number of piperidine rings is 1. The third-order valence-electron chi connectivity index (χ3n) is 9.11. The number of rotatable bonds is 6. The van der Waals surface area contributed by atoms with Crippen LogP contribution in [0.15, 0.2) is 47.0 Å². The topological polar surface area (TPSA) is 51.4 Å². The summed E-state index contributed by atoms with van der Waals surface area (Å²) in [4.78, 5) is 7.24. The van der Waals surface area contributed by atoms with E-state index in [0.29, 0.717) is 5.92 Å². The maximum absolute atomic E-state index is 14.1. The fourth-order valence-electron chi connectivity index (χ4n) is 6.96. The van der Waals surface area contributed by atoms with Crippen LogP contribution in [0.25, 0.3) is 27.7 Å². The highest BCUT2D eigenvalue weighted by atomic mass is 19.1. The molecule has 212 valence electrons. The van der Waals surface area contributed by atoms with Crippen molar-refractivity contribution in [3.05, 3.63) is 76.4 Å².